The molecular formula is C12H19NO2. The van der Waals surface area contributed by atoms with Crippen LogP contribution in [0.5, 0.6) is 0 Å². The zero-order valence-electron chi connectivity index (χ0n) is 9.62. The Hall–Kier alpha value is -1.38. The molecule has 0 aromatic rings. The van der Waals surface area contributed by atoms with Gasteiger partial charge in [0.05, 0.1) is 0 Å². The molecule has 0 radical (unpaired) electrons. The minimum atomic E-state index is 0.166. The van der Waals surface area contributed by atoms with Crippen LogP contribution in [0, 0.1) is 5.41 Å². The average molecular weight is 209 g/mol. The highest BCUT2D eigenvalue weighted by atomic mass is 16.6. The Morgan fingerprint density at radius 2 is 1.73 bits per heavy atom. The maximum atomic E-state index is 5.43. The van der Waals surface area contributed by atoms with Crippen molar-refractivity contribution in [2.75, 3.05) is 13.2 Å². The second kappa shape index (κ2) is 4.91. The van der Waals surface area contributed by atoms with Gasteiger partial charge >= 0.3 is 0 Å². The normalized spacial score (nSPS) is 23.1. The summed E-state index contributed by atoms with van der Waals surface area (Å²) in [6.45, 7) is 7.55. The quantitative estimate of drug-likeness (QED) is 0.720. The van der Waals surface area contributed by atoms with Gasteiger partial charge in [-0.15, -0.1) is 0 Å². The molecule has 1 aliphatic heterocycles. The maximum absolute atomic E-state index is 5.43. The van der Waals surface area contributed by atoms with E-state index in [-0.39, 0.29) is 5.41 Å². The lowest BCUT2D eigenvalue weighted by Crippen LogP contribution is -2.15. The molecule has 0 unspecified atom stereocenters. The summed E-state index contributed by atoms with van der Waals surface area (Å²) in [6, 6.07) is 0. The fraction of sp³-hybridized carbons (Fsp3) is 0.500. The van der Waals surface area contributed by atoms with E-state index in [0.717, 1.165) is 0 Å². The van der Waals surface area contributed by atoms with E-state index in [2.05, 4.69) is 26.8 Å². The molecule has 1 saturated heterocycles. The first-order valence-electron chi connectivity index (χ1n) is 5.10. The molecule has 1 rings (SSSR count). The third-order valence-corrected chi connectivity index (χ3v) is 1.84. The van der Waals surface area contributed by atoms with Crippen LogP contribution in [0.1, 0.15) is 20.8 Å². The van der Waals surface area contributed by atoms with Gasteiger partial charge in [0.15, 0.2) is 11.5 Å². The first-order valence-corrected chi connectivity index (χ1v) is 5.10. The highest BCUT2D eigenvalue weighted by Crippen LogP contribution is 2.19. The Morgan fingerprint density at radius 1 is 1.13 bits per heavy atom. The first kappa shape index (κ1) is 11.7. The minimum absolute atomic E-state index is 0.166. The zero-order chi connectivity index (χ0) is 11.3. The van der Waals surface area contributed by atoms with Crippen LogP contribution in [-0.2, 0) is 9.47 Å². The molecule has 1 aliphatic rings. The number of allylic oxidation sites excluding steroid dienone is 3. The molecule has 0 atom stereocenters. The van der Waals surface area contributed by atoms with Crippen LogP contribution >= 0.6 is 0 Å². The lowest BCUT2D eigenvalue weighted by molar-refractivity contribution is 0.0592. The molecule has 0 saturated carbocycles. The van der Waals surface area contributed by atoms with Gasteiger partial charge in [0.25, 0.3) is 0 Å². The molecule has 0 aromatic heterocycles. The number of nitrogens with two attached hydrogens (primary N) is 1. The second-order valence-corrected chi connectivity index (χ2v) is 4.48. The Labute approximate surface area is 91.2 Å². The largest absolute Gasteiger partial charge is 0.486 e. The van der Waals surface area contributed by atoms with Crippen molar-refractivity contribution in [3.8, 4) is 0 Å². The van der Waals surface area contributed by atoms with Crippen molar-refractivity contribution in [1.82, 2.24) is 0 Å². The molecule has 3 heteroatoms. The summed E-state index contributed by atoms with van der Waals surface area (Å²) in [5, 5.41) is 0. The number of ether oxygens (including phenoxy) is 2. The molecule has 15 heavy (non-hydrogen) atoms. The van der Waals surface area contributed by atoms with Gasteiger partial charge in [0.1, 0.15) is 13.2 Å². The smallest absolute Gasteiger partial charge is 0.176 e. The Bertz CT molecular complexity index is 295. The van der Waals surface area contributed by atoms with Gasteiger partial charge in [-0.3, -0.25) is 0 Å². The van der Waals surface area contributed by atoms with Gasteiger partial charge in [-0.2, -0.15) is 0 Å². The third-order valence-electron chi connectivity index (χ3n) is 1.84. The summed E-state index contributed by atoms with van der Waals surface area (Å²) in [7, 11) is 0. The predicted octanol–water partition coefficient (Wildman–Crippen LogP) is 2.32. The number of rotatable bonds is 1. The van der Waals surface area contributed by atoms with E-state index in [1.807, 2.05) is 12.2 Å². The molecule has 0 bridgehead atoms. The standard InChI is InChI=1S/C12H19NO2/c1-12(2,3)6-4-5-10-11(9-13)15-8-7-14-10/h4-6,9H,7-8,13H2,1-3H3/b6-4+,10-5+,11-9+. The van der Waals surface area contributed by atoms with E-state index in [9.17, 15) is 0 Å². The van der Waals surface area contributed by atoms with Crippen LogP contribution in [0.25, 0.3) is 0 Å². The number of hydrogen-bond acceptors (Lipinski definition) is 3. The molecule has 0 amide bonds. The van der Waals surface area contributed by atoms with Crippen LogP contribution in [0.3, 0.4) is 0 Å². The van der Waals surface area contributed by atoms with Crippen LogP contribution < -0.4 is 5.73 Å². The zero-order valence-corrected chi connectivity index (χ0v) is 9.62. The first-order chi connectivity index (χ1) is 7.03. The van der Waals surface area contributed by atoms with E-state index < -0.39 is 0 Å². The van der Waals surface area contributed by atoms with Crippen molar-refractivity contribution in [1.29, 1.82) is 0 Å². The van der Waals surface area contributed by atoms with Gasteiger partial charge < -0.3 is 15.2 Å². The Kier molecular flexibility index (Phi) is 3.83. The van der Waals surface area contributed by atoms with Crippen molar-refractivity contribution < 1.29 is 9.47 Å². The SMILES string of the molecule is CC(C)(C)/C=C/C=C1/OCCO/C1=C/N. The molecule has 1 fully saturated rings. The summed E-state index contributed by atoms with van der Waals surface area (Å²) in [6.07, 6.45) is 7.37. The molecule has 0 aliphatic carbocycles. The molecule has 1 heterocycles. The van der Waals surface area contributed by atoms with E-state index in [1.54, 1.807) is 0 Å². The molecule has 2 N–H and O–H groups in total. The van der Waals surface area contributed by atoms with Crippen LogP contribution in [0.2, 0.25) is 0 Å². The monoisotopic (exact) mass is 209 g/mol. The third kappa shape index (κ3) is 4.11. The fourth-order valence-corrected chi connectivity index (χ4v) is 1.13. The summed E-state index contributed by atoms with van der Waals surface area (Å²) >= 11 is 0. The molecule has 84 valence electrons. The highest BCUT2D eigenvalue weighted by molar-refractivity contribution is 5.25. The minimum Gasteiger partial charge on any atom is -0.486 e. The van der Waals surface area contributed by atoms with Gasteiger partial charge in [-0.25, -0.2) is 0 Å². The summed E-state index contributed by atoms with van der Waals surface area (Å²) in [4.78, 5) is 0. The molecule has 0 aromatic carbocycles. The lowest BCUT2D eigenvalue weighted by atomic mass is 9.96. The van der Waals surface area contributed by atoms with E-state index in [4.69, 9.17) is 15.2 Å². The van der Waals surface area contributed by atoms with E-state index in [0.29, 0.717) is 24.7 Å². The van der Waals surface area contributed by atoms with Crippen molar-refractivity contribution in [2.24, 2.45) is 11.1 Å². The summed E-state index contributed by atoms with van der Waals surface area (Å²) < 4.78 is 10.8. The van der Waals surface area contributed by atoms with Gasteiger partial charge in [0, 0.05) is 6.20 Å². The number of hydrogen-bond donors (Lipinski definition) is 1. The van der Waals surface area contributed by atoms with Gasteiger partial charge in [0.2, 0.25) is 0 Å². The van der Waals surface area contributed by atoms with Crippen molar-refractivity contribution in [3.63, 3.8) is 0 Å². The Morgan fingerprint density at radius 3 is 2.27 bits per heavy atom. The molecule has 0 spiro atoms. The molecular weight excluding hydrogens is 190 g/mol. The molecule has 3 nitrogen and oxygen atoms in total. The van der Waals surface area contributed by atoms with Gasteiger partial charge in [-0.05, 0) is 11.5 Å². The van der Waals surface area contributed by atoms with Crippen molar-refractivity contribution in [3.05, 3.63) is 35.9 Å². The highest BCUT2D eigenvalue weighted by Gasteiger charge is 2.12. The van der Waals surface area contributed by atoms with Crippen molar-refractivity contribution in [2.45, 2.75) is 20.8 Å². The van der Waals surface area contributed by atoms with E-state index in [1.165, 1.54) is 6.20 Å². The summed E-state index contributed by atoms with van der Waals surface area (Å²) in [5.74, 6) is 1.31. The van der Waals surface area contributed by atoms with Crippen LogP contribution in [-0.4, -0.2) is 13.2 Å². The maximum Gasteiger partial charge on any atom is 0.176 e. The van der Waals surface area contributed by atoms with Crippen molar-refractivity contribution >= 4 is 0 Å². The van der Waals surface area contributed by atoms with Crippen LogP contribution in [0.15, 0.2) is 35.9 Å². The fourth-order valence-electron chi connectivity index (χ4n) is 1.13. The van der Waals surface area contributed by atoms with E-state index >= 15 is 0 Å². The predicted molar refractivity (Wildman–Crippen MR) is 60.9 cm³/mol. The lowest BCUT2D eigenvalue weighted by Gasteiger charge is -2.19. The average Bonchev–Trinajstić information content (AvgIpc) is 2.16. The second-order valence-electron chi connectivity index (χ2n) is 4.48. The van der Waals surface area contributed by atoms with Gasteiger partial charge in [-0.1, -0.05) is 32.9 Å². The Balaban J connectivity index is 2.69. The van der Waals surface area contributed by atoms with Crippen LogP contribution in [0.4, 0.5) is 0 Å². The summed E-state index contributed by atoms with van der Waals surface area (Å²) in [5.41, 5.74) is 5.59. The topological polar surface area (TPSA) is 44.5 Å².